The number of hydrogen-bond donors (Lipinski definition) is 2. The first-order valence-electron chi connectivity index (χ1n) is 5.74. The highest BCUT2D eigenvalue weighted by Crippen LogP contribution is 2.19. The number of thioether (sulfide) groups is 1. The van der Waals surface area contributed by atoms with Crippen LogP contribution < -0.4 is 5.32 Å². The van der Waals surface area contributed by atoms with Crippen LogP contribution in [0.5, 0.6) is 0 Å². The number of carboxylic acids is 1. The second-order valence-electron chi connectivity index (χ2n) is 4.25. The van der Waals surface area contributed by atoms with Gasteiger partial charge in [-0.05, 0) is 38.2 Å². The third kappa shape index (κ3) is 4.72. The Balaban J connectivity index is 2.12. The van der Waals surface area contributed by atoms with Crippen LogP contribution in [-0.4, -0.2) is 47.9 Å². The molecule has 0 bridgehead atoms. The first-order valence-corrected chi connectivity index (χ1v) is 7.13. The van der Waals surface area contributed by atoms with E-state index in [4.69, 9.17) is 9.84 Å². The SMILES string of the molecule is CSCCC(C)NCC1CCC(C(=O)O)O1. The summed E-state index contributed by atoms with van der Waals surface area (Å²) in [5.41, 5.74) is 0. The normalized spacial score (nSPS) is 26.9. The molecule has 0 radical (unpaired) electrons. The average molecular weight is 247 g/mol. The smallest absolute Gasteiger partial charge is 0.332 e. The van der Waals surface area contributed by atoms with Gasteiger partial charge in [0.05, 0.1) is 6.10 Å². The molecule has 3 atom stereocenters. The van der Waals surface area contributed by atoms with Gasteiger partial charge in [0.2, 0.25) is 0 Å². The van der Waals surface area contributed by atoms with Crippen molar-refractivity contribution >= 4 is 17.7 Å². The van der Waals surface area contributed by atoms with Gasteiger partial charge < -0.3 is 15.2 Å². The molecular formula is C11H21NO3S. The third-order valence-corrected chi connectivity index (χ3v) is 3.48. The Morgan fingerprint density at radius 3 is 2.94 bits per heavy atom. The number of carbonyl (C=O) groups is 1. The van der Waals surface area contributed by atoms with Crippen molar-refractivity contribution in [3.05, 3.63) is 0 Å². The van der Waals surface area contributed by atoms with Crippen molar-refractivity contribution in [2.75, 3.05) is 18.6 Å². The summed E-state index contributed by atoms with van der Waals surface area (Å²) >= 11 is 1.84. The zero-order chi connectivity index (χ0) is 12.0. The van der Waals surface area contributed by atoms with Gasteiger partial charge in [-0.15, -0.1) is 0 Å². The van der Waals surface area contributed by atoms with Crippen LogP contribution in [0.2, 0.25) is 0 Å². The molecular weight excluding hydrogens is 226 g/mol. The van der Waals surface area contributed by atoms with Gasteiger partial charge >= 0.3 is 5.97 Å². The van der Waals surface area contributed by atoms with Gasteiger partial charge in [-0.3, -0.25) is 0 Å². The second kappa shape index (κ2) is 7.14. The molecule has 4 nitrogen and oxygen atoms in total. The van der Waals surface area contributed by atoms with Gasteiger partial charge in [0, 0.05) is 12.6 Å². The molecule has 0 amide bonds. The molecule has 0 aliphatic carbocycles. The van der Waals surface area contributed by atoms with E-state index in [1.165, 1.54) is 0 Å². The molecule has 0 spiro atoms. The Labute approximate surface area is 101 Å². The summed E-state index contributed by atoms with van der Waals surface area (Å²) in [4.78, 5) is 10.7. The third-order valence-electron chi connectivity index (χ3n) is 2.83. The predicted molar refractivity (Wildman–Crippen MR) is 66.0 cm³/mol. The number of carboxylic acid groups (broad SMARTS) is 1. The van der Waals surface area contributed by atoms with Crippen LogP contribution in [0.4, 0.5) is 0 Å². The van der Waals surface area contributed by atoms with E-state index in [-0.39, 0.29) is 6.10 Å². The molecule has 1 saturated heterocycles. The molecule has 0 aromatic carbocycles. The minimum atomic E-state index is -0.835. The number of hydrogen-bond acceptors (Lipinski definition) is 4. The lowest BCUT2D eigenvalue weighted by atomic mass is 10.2. The highest BCUT2D eigenvalue weighted by atomic mass is 32.2. The summed E-state index contributed by atoms with van der Waals surface area (Å²) in [6.07, 6.45) is 4.20. The van der Waals surface area contributed by atoms with E-state index in [0.29, 0.717) is 12.5 Å². The zero-order valence-corrected chi connectivity index (χ0v) is 10.8. The molecule has 94 valence electrons. The van der Waals surface area contributed by atoms with Crippen molar-refractivity contribution in [1.29, 1.82) is 0 Å². The first-order chi connectivity index (χ1) is 7.63. The Morgan fingerprint density at radius 2 is 2.38 bits per heavy atom. The van der Waals surface area contributed by atoms with Crippen LogP contribution in [0.25, 0.3) is 0 Å². The predicted octanol–water partition coefficient (Wildman–Crippen LogP) is 1.35. The van der Waals surface area contributed by atoms with Crippen molar-refractivity contribution in [2.45, 2.75) is 44.4 Å². The van der Waals surface area contributed by atoms with E-state index < -0.39 is 12.1 Å². The molecule has 16 heavy (non-hydrogen) atoms. The molecule has 1 heterocycles. The maximum atomic E-state index is 10.7. The fourth-order valence-electron chi connectivity index (χ4n) is 1.77. The van der Waals surface area contributed by atoms with Gasteiger partial charge in [0.25, 0.3) is 0 Å². The van der Waals surface area contributed by atoms with E-state index >= 15 is 0 Å². The summed E-state index contributed by atoms with van der Waals surface area (Å²) in [5.74, 6) is 0.315. The van der Waals surface area contributed by atoms with Crippen LogP contribution >= 0.6 is 11.8 Å². The Hall–Kier alpha value is -0.260. The van der Waals surface area contributed by atoms with Crippen molar-refractivity contribution in [1.82, 2.24) is 5.32 Å². The molecule has 0 aromatic heterocycles. The molecule has 1 aliphatic heterocycles. The van der Waals surface area contributed by atoms with Gasteiger partial charge in [0.15, 0.2) is 6.10 Å². The Kier molecular flexibility index (Phi) is 6.16. The topological polar surface area (TPSA) is 58.6 Å². The maximum Gasteiger partial charge on any atom is 0.332 e. The fourth-order valence-corrected chi connectivity index (χ4v) is 2.36. The summed E-state index contributed by atoms with van der Waals surface area (Å²) in [7, 11) is 0. The standard InChI is InChI=1S/C11H21NO3S/c1-8(5-6-16-2)12-7-9-3-4-10(15-9)11(13)14/h8-10,12H,3-7H2,1-2H3,(H,13,14). The fraction of sp³-hybridized carbons (Fsp3) is 0.909. The van der Waals surface area contributed by atoms with Gasteiger partial charge in [0.1, 0.15) is 0 Å². The lowest BCUT2D eigenvalue weighted by molar-refractivity contribution is -0.149. The van der Waals surface area contributed by atoms with Gasteiger partial charge in [-0.2, -0.15) is 11.8 Å². The Bertz CT molecular complexity index is 225. The minimum absolute atomic E-state index is 0.0674. The van der Waals surface area contributed by atoms with Crippen molar-refractivity contribution in [2.24, 2.45) is 0 Å². The number of nitrogens with one attached hydrogen (secondary N) is 1. The molecule has 1 rings (SSSR count). The van der Waals surface area contributed by atoms with E-state index in [1.54, 1.807) is 0 Å². The number of aliphatic carboxylic acids is 1. The molecule has 1 aliphatic rings. The average Bonchev–Trinajstić information content (AvgIpc) is 2.72. The largest absolute Gasteiger partial charge is 0.479 e. The van der Waals surface area contributed by atoms with Crippen LogP contribution in [0.15, 0.2) is 0 Å². The van der Waals surface area contributed by atoms with Crippen LogP contribution in [0, 0.1) is 0 Å². The van der Waals surface area contributed by atoms with Crippen molar-refractivity contribution in [3.63, 3.8) is 0 Å². The maximum absolute atomic E-state index is 10.7. The van der Waals surface area contributed by atoms with Gasteiger partial charge in [-0.25, -0.2) is 4.79 Å². The summed E-state index contributed by atoms with van der Waals surface area (Å²) in [6.45, 7) is 2.92. The molecule has 5 heteroatoms. The van der Waals surface area contributed by atoms with E-state index in [2.05, 4.69) is 18.5 Å². The van der Waals surface area contributed by atoms with Crippen molar-refractivity contribution in [3.8, 4) is 0 Å². The van der Waals surface area contributed by atoms with Gasteiger partial charge in [-0.1, -0.05) is 0 Å². The second-order valence-corrected chi connectivity index (χ2v) is 5.24. The molecule has 0 saturated carbocycles. The first kappa shape index (κ1) is 13.8. The summed E-state index contributed by atoms with van der Waals surface area (Å²) in [5, 5.41) is 12.2. The minimum Gasteiger partial charge on any atom is -0.479 e. The Morgan fingerprint density at radius 1 is 1.62 bits per heavy atom. The van der Waals surface area contributed by atoms with E-state index in [9.17, 15) is 4.79 Å². The molecule has 3 unspecified atom stereocenters. The van der Waals surface area contributed by atoms with E-state index in [0.717, 1.165) is 25.1 Å². The molecule has 0 aromatic rings. The number of ether oxygens (including phenoxy) is 1. The summed E-state index contributed by atoms with van der Waals surface area (Å²) in [6, 6.07) is 0.472. The van der Waals surface area contributed by atoms with Crippen molar-refractivity contribution < 1.29 is 14.6 Å². The van der Waals surface area contributed by atoms with E-state index in [1.807, 2.05) is 11.8 Å². The van der Waals surface area contributed by atoms with Crippen LogP contribution in [0.3, 0.4) is 0 Å². The lowest BCUT2D eigenvalue weighted by Gasteiger charge is -2.17. The summed E-state index contributed by atoms with van der Waals surface area (Å²) < 4.78 is 5.41. The van der Waals surface area contributed by atoms with Crippen LogP contribution in [-0.2, 0) is 9.53 Å². The highest BCUT2D eigenvalue weighted by Gasteiger charge is 2.30. The highest BCUT2D eigenvalue weighted by molar-refractivity contribution is 7.98. The quantitative estimate of drug-likeness (QED) is 0.711. The molecule has 1 fully saturated rings. The monoisotopic (exact) mass is 247 g/mol. The zero-order valence-electron chi connectivity index (χ0n) is 9.94. The number of rotatable bonds is 7. The molecule has 2 N–H and O–H groups in total. The van der Waals surface area contributed by atoms with Crippen LogP contribution in [0.1, 0.15) is 26.2 Å². The lowest BCUT2D eigenvalue weighted by Crippen LogP contribution is -2.34.